The van der Waals surface area contributed by atoms with E-state index < -0.39 is 11.7 Å². The second-order valence-corrected chi connectivity index (χ2v) is 5.42. The first kappa shape index (κ1) is 12.4. The average molecular weight is 258 g/mol. The lowest BCUT2D eigenvalue weighted by atomic mass is 9.90. The molecule has 1 fully saturated rings. The van der Waals surface area contributed by atoms with E-state index in [0.29, 0.717) is 13.0 Å². The molecule has 2 N–H and O–H groups in total. The number of benzene rings is 1. The van der Waals surface area contributed by atoms with Gasteiger partial charge in [-0.3, -0.25) is 4.98 Å². The third-order valence-corrected chi connectivity index (χ3v) is 3.97. The largest absolute Gasteiger partial charge is 0.388 e. The maximum Gasteiger partial charge on any atom is 0.0999 e. The van der Waals surface area contributed by atoms with Gasteiger partial charge in [-0.05, 0) is 25.5 Å². The molecule has 2 aromatic rings. The van der Waals surface area contributed by atoms with Crippen LogP contribution >= 0.6 is 0 Å². The number of β-amino-alcohol motifs (C(OH)–C–C–N with tert-alkyl or cyclic N) is 1. The van der Waals surface area contributed by atoms with Gasteiger partial charge in [-0.15, -0.1) is 0 Å². The molecule has 4 nitrogen and oxygen atoms in total. The quantitative estimate of drug-likeness (QED) is 0.815. The van der Waals surface area contributed by atoms with Gasteiger partial charge in [0.25, 0.3) is 0 Å². The number of aliphatic hydroxyl groups is 2. The minimum atomic E-state index is -0.987. The lowest BCUT2D eigenvalue weighted by Crippen LogP contribution is -2.54. The number of hydrogen-bond donors (Lipinski definition) is 2. The zero-order chi connectivity index (χ0) is 13.5. The van der Waals surface area contributed by atoms with Crippen LogP contribution in [0.2, 0.25) is 0 Å². The third-order valence-electron chi connectivity index (χ3n) is 3.97. The van der Waals surface area contributed by atoms with Crippen molar-refractivity contribution in [1.82, 2.24) is 4.98 Å². The molecule has 1 saturated heterocycles. The summed E-state index contributed by atoms with van der Waals surface area (Å²) in [5.41, 5.74) is 1.03. The first-order valence-electron chi connectivity index (χ1n) is 6.57. The summed E-state index contributed by atoms with van der Waals surface area (Å²) < 4.78 is 0. The number of rotatable bonds is 1. The summed E-state index contributed by atoms with van der Waals surface area (Å²) in [6, 6.07) is 9.94. The molecule has 0 unspecified atom stereocenters. The fourth-order valence-electron chi connectivity index (χ4n) is 2.60. The molecule has 0 spiro atoms. The second-order valence-electron chi connectivity index (χ2n) is 5.42. The van der Waals surface area contributed by atoms with E-state index in [4.69, 9.17) is 0 Å². The van der Waals surface area contributed by atoms with E-state index in [9.17, 15) is 10.2 Å². The number of aromatic nitrogens is 1. The van der Waals surface area contributed by atoms with Gasteiger partial charge in [-0.1, -0.05) is 18.2 Å². The normalized spacial score (nSPS) is 27.7. The summed E-state index contributed by atoms with van der Waals surface area (Å²) in [7, 11) is 0. The van der Waals surface area contributed by atoms with Crippen molar-refractivity contribution in [2.75, 3.05) is 18.0 Å². The van der Waals surface area contributed by atoms with Crippen LogP contribution in [0.25, 0.3) is 10.9 Å². The monoisotopic (exact) mass is 258 g/mol. The molecule has 1 aliphatic heterocycles. The van der Waals surface area contributed by atoms with Crippen molar-refractivity contribution in [3.8, 4) is 0 Å². The molecular weight excluding hydrogens is 240 g/mol. The lowest BCUT2D eigenvalue weighted by molar-refractivity contribution is -0.0721. The number of hydrogen-bond acceptors (Lipinski definition) is 4. The van der Waals surface area contributed by atoms with Gasteiger partial charge >= 0.3 is 0 Å². The Morgan fingerprint density at radius 3 is 2.89 bits per heavy atom. The van der Waals surface area contributed by atoms with E-state index in [2.05, 4.69) is 9.88 Å². The van der Waals surface area contributed by atoms with Gasteiger partial charge in [-0.2, -0.15) is 0 Å². The average Bonchev–Trinajstić information content (AvgIpc) is 2.41. The predicted octanol–water partition coefficient (Wildman–Crippen LogP) is 1.56. The number of nitrogens with zero attached hydrogens (tertiary/aromatic N) is 2. The topological polar surface area (TPSA) is 56.6 Å². The molecule has 1 aromatic heterocycles. The Hall–Kier alpha value is -1.65. The standard InChI is InChI=1S/C15H18N2O2/c1-15(19)7-9-17(10-14(15)18)13-6-8-16-12-5-3-2-4-11(12)13/h2-6,8,14,18-19H,7,9-10H2,1H3/t14-,15-/m0/s1. The summed E-state index contributed by atoms with van der Waals surface area (Å²) in [5, 5.41) is 21.1. The highest BCUT2D eigenvalue weighted by atomic mass is 16.3. The second kappa shape index (κ2) is 4.47. The van der Waals surface area contributed by atoms with Crippen LogP contribution in [0, 0.1) is 0 Å². The molecule has 19 heavy (non-hydrogen) atoms. The van der Waals surface area contributed by atoms with Crippen molar-refractivity contribution in [2.24, 2.45) is 0 Å². The third kappa shape index (κ3) is 2.17. The van der Waals surface area contributed by atoms with Gasteiger partial charge in [-0.25, -0.2) is 0 Å². The van der Waals surface area contributed by atoms with Crippen LogP contribution in [0.5, 0.6) is 0 Å². The molecule has 4 heteroatoms. The van der Waals surface area contributed by atoms with Crippen molar-refractivity contribution in [2.45, 2.75) is 25.0 Å². The summed E-state index contributed by atoms with van der Waals surface area (Å²) >= 11 is 0. The Morgan fingerprint density at radius 1 is 1.32 bits per heavy atom. The fourth-order valence-corrected chi connectivity index (χ4v) is 2.60. The number of aliphatic hydroxyl groups excluding tert-OH is 1. The molecule has 2 heterocycles. The highest BCUT2D eigenvalue weighted by Crippen LogP contribution is 2.30. The first-order chi connectivity index (χ1) is 9.08. The van der Waals surface area contributed by atoms with E-state index in [1.165, 1.54) is 0 Å². The molecule has 1 aliphatic rings. The molecular formula is C15H18N2O2. The van der Waals surface area contributed by atoms with Gasteiger partial charge in [0.15, 0.2) is 0 Å². The number of fused-ring (bicyclic) bond motifs is 1. The Labute approximate surface area is 112 Å². The zero-order valence-electron chi connectivity index (χ0n) is 11.0. The summed E-state index contributed by atoms with van der Waals surface area (Å²) in [5.74, 6) is 0. The van der Waals surface area contributed by atoms with E-state index >= 15 is 0 Å². The van der Waals surface area contributed by atoms with E-state index in [1.807, 2.05) is 30.3 Å². The Morgan fingerprint density at radius 2 is 2.11 bits per heavy atom. The highest BCUT2D eigenvalue weighted by molar-refractivity contribution is 5.91. The Bertz CT molecular complexity index is 592. The molecule has 0 amide bonds. The number of piperidine rings is 1. The SMILES string of the molecule is C[C@]1(O)CCN(c2ccnc3ccccc23)C[C@@H]1O. The molecule has 1 aromatic carbocycles. The molecule has 0 aliphatic carbocycles. The van der Waals surface area contributed by atoms with Crippen LogP contribution in [0.1, 0.15) is 13.3 Å². The van der Waals surface area contributed by atoms with Gasteiger partial charge < -0.3 is 15.1 Å². The van der Waals surface area contributed by atoms with Gasteiger partial charge in [0.2, 0.25) is 0 Å². The molecule has 2 atom stereocenters. The van der Waals surface area contributed by atoms with Crippen LogP contribution in [0.15, 0.2) is 36.5 Å². The predicted molar refractivity (Wildman–Crippen MR) is 75.2 cm³/mol. The number of anilines is 1. The van der Waals surface area contributed by atoms with Gasteiger partial charge in [0.05, 0.1) is 17.2 Å². The smallest absolute Gasteiger partial charge is 0.0999 e. The van der Waals surface area contributed by atoms with Crippen LogP contribution in [0.4, 0.5) is 5.69 Å². The summed E-state index contributed by atoms with van der Waals surface area (Å²) in [4.78, 5) is 6.46. The maximum absolute atomic E-state index is 10.0. The summed E-state index contributed by atoms with van der Waals surface area (Å²) in [6.07, 6.45) is 1.62. The Balaban J connectivity index is 1.97. The summed E-state index contributed by atoms with van der Waals surface area (Å²) in [6.45, 7) is 2.87. The van der Waals surface area contributed by atoms with Crippen LogP contribution < -0.4 is 4.90 Å². The Kier molecular flexibility index (Phi) is 2.92. The molecule has 100 valence electrons. The van der Waals surface area contributed by atoms with Crippen molar-refractivity contribution < 1.29 is 10.2 Å². The number of pyridine rings is 1. The number of para-hydroxylation sites is 1. The molecule has 0 saturated carbocycles. The van der Waals surface area contributed by atoms with Crippen molar-refractivity contribution >= 4 is 16.6 Å². The molecule has 0 radical (unpaired) electrons. The zero-order valence-corrected chi connectivity index (χ0v) is 11.0. The molecule has 0 bridgehead atoms. The maximum atomic E-state index is 10.0. The van der Waals surface area contributed by atoms with Gasteiger partial charge in [0.1, 0.15) is 0 Å². The minimum absolute atomic E-state index is 0.445. The minimum Gasteiger partial charge on any atom is -0.388 e. The fraction of sp³-hybridized carbons (Fsp3) is 0.400. The van der Waals surface area contributed by atoms with E-state index in [1.54, 1.807) is 13.1 Å². The van der Waals surface area contributed by atoms with Crippen LogP contribution in [0.3, 0.4) is 0 Å². The van der Waals surface area contributed by atoms with Gasteiger partial charge in [0, 0.05) is 30.4 Å². The van der Waals surface area contributed by atoms with Crippen molar-refractivity contribution in [1.29, 1.82) is 0 Å². The van der Waals surface area contributed by atoms with E-state index in [-0.39, 0.29) is 0 Å². The van der Waals surface area contributed by atoms with Crippen molar-refractivity contribution in [3.63, 3.8) is 0 Å². The highest BCUT2D eigenvalue weighted by Gasteiger charge is 2.36. The molecule has 3 rings (SSSR count). The van der Waals surface area contributed by atoms with Crippen LogP contribution in [-0.4, -0.2) is 40.0 Å². The van der Waals surface area contributed by atoms with Crippen molar-refractivity contribution in [3.05, 3.63) is 36.5 Å². The van der Waals surface area contributed by atoms with Crippen LogP contribution in [-0.2, 0) is 0 Å². The van der Waals surface area contributed by atoms with E-state index in [0.717, 1.165) is 23.1 Å². The first-order valence-corrected chi connectivity index (χ1v) is 6.57. The lowest BCUT2D eigenvalue weighted by Gasteiger charge is -2.41.